The second kappa shape index (κ2) is 6.72. The van der Waals surface area contributed by atoms with Gasteiger partial charge in [-0.05, 0) is 36.8 Å². The number of rotatable bonds is 4. The van der Waals surface area contributed by atoms with Crippen LogP contribution in [0, 0.1) is 6.92 Å². The van der Waals surface area contributed by atoms with E-state index in [1.807, 2.05) is 13.0 Å². The molecule has 0 saturated heterocycles. The molecule has 134 valence electrons. The Morgan fingerprint density at radius 3 is 3.00 bits per heavy atom. The van der Waals surface area contributed by atoms with Crippen molar-refractivity contribution >= 4 is 50.6 Å². The van der Waals surface area contributed by atoms with Gasteiger partial charge < -0.3 is 9.84 Å². The van der Waals surface area contributed by atoms with E-state index in [0.29, 0.717) is 26.7 Å². The molecule has 1 aromatic carbocycles. The highest BCUT2D eigenvalue weighted by Crippen LogP contribution is 2.45. The first kappa shape index (κ1) is 17.6. The van der Waals surface area contributed by atoms with Crippen LogP contribution < -0.4 is 4.74 Å². The molecule has 26 heavy (non-hydrogen) atoms. The topological polar surface area (TPSA) is 59.4 Å². The predicted octanol–water partition coefficient (Wildman–Crippen LogP) is 5.60. The quantitative estimate of drug-likeness (QED) is 0.610. The van der Waals surface area contributed by atoms with Gasteiger partial charge in [0, 0.05) is 28.4 Å². The third kappa shape index (κ3) is 3.04. The predicted molar refractivity (Wildman–Crippen MR) is 104 cm³/mol. The highest BCUT2D eigenvalue weighted by Gasteiger charge is 2.27. The summed E-state index contributed by atoms with van der Waals surface area (Å²) in [5.74, 6) is -0.381. The molecule has 0 amide bonds. The van der Waals surface area contributed by atoms with E-state index >= 15 is 0 Å². The number of hydrogen-bond acceptors (Lipinski definition) is 4. The molecular formula is C19H15Cl2NO3S. The maximum absolute atomic E-state index is 11.0. The van der Waals surface area contributed by atoms with Crippen molar-refractivity contribution < 1.29 is 14.6 Å². The number of aliphatic carboxylic acids is 1. The summed E-state index contributed by atoms with van der Waals surface area (Å²) in [4.78, 5) is 15.6. The summed E-state index contributed by atoms with van der Waals surface area (Å²) in [7, 11) is 0. The molecule has 1 atom stereocenters. The molecule has 1 aliphatic carbocycles. The van der Waals surface area contributed by atoms with Crippen molar-refractivity contribution in [1.82, 2.24) is 4.98 Å². The monoisotopic (exact) mass is 407 g/mol. The summed E-state index contributed by atoms with van der Waals surface area (Å²) in [5, 5.41) is 12.5. The molecule has 4 rings (SSSR count). The molecule has 7 heteroatoms. The highest BCUT2D eigenvalue weighted by molar-refractivity contribution is 7.18. The number of ether oxygens (including phenoxy) is 1. The van der Waals surface area contributed by atoms with E-state index in [-0.39, 0.29) is 12.5 Å². The number of carboxylic acids is 1. The molecule has 1 N–H and O–H groups in total. The van der Waals surface area contributed by atoms with Gasteiger partial charge in [-0.3, -0.25) is 9.78 Å². The van der Waals surface area contributed by atoms with Crippen molar-refractivity contribution in [1.29, 1.82) is 0 Å². The Labute approximate surface area is 164 Å². The number of aromatic nitrogens is 1. The van der Waals surface area contributed by atoms with Gasteiger partial charge in [0.2, 0.25) is 0 Å². The van der Waals surface area contributed by atoms with Gasteiger partial charge in [0.05, 0.1) is 16.1 Å². The van der Waals surface area contributed by atoms with Crippen molar-refractivity contribution in [3.8, 4) is 5.75 Å². The maximum atomic E-state index is 11.0. The van der Waals surface area contributed by atoms with Crippen molar-refractivity contribution in [2.75, 3.05) is 0 Å². The molecule has 0 saturated carbocycles. The van der Waals surface area contributed by atoms with Gasteiger partial charge in [-0.15, -0.1) is 11.3 Å². The first-order chi connectivity index (χ1) is 12.4. The van der Waals surface area contributed by atoms with Crippen LogP contribution in [-0.2, 0) is 17.6 Å². The van der Waals surface area contributed by atoms with Gasteiger partial charge in [-0.2, -0.15) is 0 Å². The minimum absolute atomic E-state index is 0.0860. The van der Waals surface area contributed by atoms with E-state index in [1.165, 1.54) is 11.3 Å². The summed E-state index contributed by atoms with van der Waals surface area (Å²) in [6.45, 7) is 1.98. The van der Waals surface area contributed by atoms with Crippen LogP contribution >= 0.6 is 34.5 Å². The van der Waals surface area contributed by atoms with Gasteiger partial charge in [0.25, 0.3) is 0 Å². The molecule has 2 aromatic heterocycles. The zero-order chi connectivity index (χ0) is 18.4. The van der Waals surface area contributed by atoms with Crippen LogP contribution in [0.4, 0.5) is 0 Å². The molecule has 4 nitrogen and oxygen atoms in total. The largest absolute Gasteiger partial charge is 0.484 e. The summed E-state index contributed by atoms with van der Waals surface area (Å²) >= 11 is 14.4. The summed E-state index contributed by atoms with van der Waals surface area (Å²) in [5.41, 5.74) is 3.82. The van der Waals surface area contributed by atoms with Crippen molar-refractivity contribution in [2.24, 2.45) is 0 Å². The van der Waals surface area contributed by atoms with Crippen LogP contribution in [-0.4, -0.2) is 16.1 Å². The zero-order valence-corrected chi connectivity index (χ0v) is 16.2. The Morgan fingerprint density at radius 2 is 2.23 bits per heavy atom. The fourth-order valence-electron chi connectivity index (χ4n) is 3.37. The van der Waals surface area contributed by atoms with E-state index in [1.54, 1.807) is 11.4 Å². The van der Waals surface area contributed by atoms with Crippen LogP contribution in [0.3, 0.4) is 0 Å². The van der Waals surface area contributed by atoms with E-state index in [0.717, 1.165) is 34.5 Å². The Kier molecular flexibility index (Phi) is 4.55. The lowest BCUT2D eigenvalue weighted by Crippen LogP contribution is -2.04. The number of carboxylic acid groups (broad SMARTS) is 1. The minimum atomic E-state index is -0.900. The van der Waals surface area contributed by atoms with Gasteiger partial charge in [0.1, 0.15) is 16.9 Å². The number of pyridine rings is 1. The van der Waals surface area contributed by atoms with Crippen LogP contribution in [0.5, 0.6) is 5.75 Å². The summed E-state index contributed by atoms with van der Waals surface area (Å²) in [6, 6.07) is 5.72. The Bertz CT molecular complexity index is 1030. The van der Waals surface area contributed by atoms with Crippen LogP contribution in [0.1, 0.15) is 35.0 Å². The van der Waals surface area contributed by atoms with Crippen molar-refractivity contribution in [2.45, 2.75) is 32.3 Å². The van der Waals surface area contributed by atoms with Crippen molar-refractivity contribution in [3.05, 3.63) is 56.1 Å². The third-order valence-corrected chi connectivity index (χ3v) is 6.36. The summed E-state index contributed by atoms with van der Waals surface area (Å²) in [6.07, 6.45) is 1.52. The Balaban J connectivity index is 1.71. The van der Waals surface area contributed by atoms with E-state index < -0.39 is 5.97 Å². The Hall–Kier alpha value is -1.82. The van der Waals surface area contributed by atoms with E-state index in [2.05, 4.69) is 11.1 Å². The average Bonchev–Trinajstić information content (AvgIpc) is 3.16. The first-order valence-corrected chi connectivity index (χ1v) is 9.80. The molecule has 0 unspecified atom stereocenters. The SMILES string of the molecule is Cc1ccc2c(n1)CC[C@@H]2Oc1cc(Cl)c2c(CC(=O)O)csc2c1Cl. The zero-order valence-electron chi connectivity index (χ0n) is 13.9. The second-order valence-corrected chi connectivity index (χ2v) is 8.00. The molecule has 0 spiro atoms. The van der Waals surface area contributed by atoms with E-state index in [9.17, 15) is 4.79 Å². The minimum Gasteiger partial charge on any atom is -0.484 e. The Morgan fingerprint density at radius 1 is 1.42 bits per heavy atom. The summed E-state index contributed by atoms with van der Waals surface area (Å²) < 4.78 is 6.94. The molecule has 0 bridgehead atoms. The van der Waals surface area contributed by atoms with Gasteiger partial charge in [-0.1, -0.05) is 29.3 Å². The maximum Gasteiger partial charge on any atom is 0.307 e. The number of halogens is 2. The highest BCUT2D eigenvalue weighted by atomic mass is 35.5. The third-order valence-electron chi connectivity index (χ3n) is 4.53. The molecule has 2 heterocycles. The smallest absolute Gasteiger partial charge is 0.307 e. The number of thiophene rings is 1. The standard InChI is InChI=1S/C19H15Cl2NO3S/c1-9-2-3-11-13(22-9)4-5-14(11)25-15-7-12(20)17-10(6-16(23)24)8-26-19(17)18(15)21/h2-3,7-8,14H,4-6H2,1H3,(H,23,24)/t14-/m0/s1. The lowest BCUT2D eigenvalue weighted by molar-refractivity contribution is -0.136. The number of fused-ring (bicyclic) bond motifs is 2. The number of hydrogen-bond donors (Lipinski definition) is 1. The van der Waals surface area contributed by atoms with Crippen LogP contribution in [0.25, 0.3) is 10.1 Å². The van der Waals surface area contributed by atoms with Gasteiger partial charge in [-0.25, -0.2) is 0 Å². The van der Waals surface area contributed by atoms with Crippen molar-refractivity contribution in [3.63, 3.8) is 0 Å². The lowest BCUT2D eigenvalue weighted by Gasteiger charge is -2.17. The van der Waals surface area contributed by atoms with Crippen LogP contribution in [0.15, 0.2) is 23.6 Å². The van der Waals surface area contributed by atoms with Crippen LogP contribution in [0.2, 0.25) is 10.0 Å². The van der Waals surface area contributed by atoms with Gasteiger partial charge >= 0.3 is 5.97 Å². The molecule has 0 aliphatic heterocycles. The normalized spacial score (nSPS) is 16.0. The molecular weight excluding hydrogens is 393 g/mol. The molecule has 1 aliphatic rings. The number of nitrogens with zero attached hydrogens (tertiary/aromatic N) is 1. The van der Waals surface area contributed by atoms with Gasteiger partial charge in [0.15, 0.2) is 0 Å². The number of aryl methyl sites for hydroxylation is 2. The number of benzene rings is 1. The first-order valence-electron chi connectivity index (χ1n) is 8.17. The molecule has 0 radical (unpaired) electrons. The average molecular weight is 408 g/mol. The lowest BCUT2D eigenvalue weighted by atomic mass is 10.1. The fraction of sp³-hybridized carbons (Fsp3) is 0.263. The number of carbonyl (C=O) groups is 1. The fourth-order valence-corrected chi connectivity index (χ4v) is 5.09. The molecule has 0 fully saturated rings. The van der Waals surface area contributed by atoms with E-state index in [4.69, 9.17) is 33.0 Å². The second-order valence-electron chi connectivity index (χ2n) is 6.34. The molecule has 3 aromatic rings.